The highest BCUT2D eigenvalue weighted by Crippen LogP contribution is 2.21. The molecule has 0 aromatic heterocycles. The Hall–Kier alpha value is -1.57. The number of nitriles is 1. The first-order valence-corrected chi connectivity index (χ1v) is 5.06. The van der Waals surface area contributed by atoms with Gasteiger partial charge in [0.25, 0.3) is 0 Å². The standard InChI is InChI=1S/C11H11ClN2O2/c12-10-8(7-16-6-2-5-13)3-1-4-9(10)11(14)15/h1,3-4H,2,6-7H2,(H2,14,15). The molecule has 0 atom stereocenters. The normalized spacial score (nSPS) is 9.75. The maximum Gasteiger partial charge on any atom is 0.250 e. The van der Waals surface area contributed by atoms with Gasteiger partial charge >= 0.3 is 0 Å². The van der Waals surface area contributed by atoms with Crippen LogP contribution in [0.15, 0.2) is 18.2 Å². The van der Waals surface area contributed by atoms with Crippen molar-refractivity contribution in [3.05, 3.63) is 34.3 Å². The molecule has 2 N–H and O–H groups in total. The summed E-state index contributed by atoms with van der Waals surface area (Å²) in [4.78, 5) is 11.0. The molecular weight excluding hydrogens is 228 g/mol. The minimum atomic E-state index is -0.566. The summed E-state index contributed by atoms with van der Waals surface area (Å²) < 4.78 is 5.22. The Morgan fingerprint density at radius 2 is 2.31 bits per heavy atom. The van der Waals surface area contributed by atoms with Crippen LogP contribution < -0.4 is 5.73 Å². The minimum absolute atomic E-state index is 0.266. The van der Waals surface area contributed by atoms with Crippen molar-refractivity contribution in [3.8, 4) is 6.07 Å². The van der Waals surface area contributed by atoms with Gasteiger partial charge in [0.1, 0.15) is 0 Å². The molecule has 84 valence electrons. The lowest BCUT2D eigenvalue weighted by Crippen LogP contribution is -2.12. The number of carbonyl (C=O) groups excluding carboxylic acids is 1. The van der Waals surface area contributed by atoms with Crippen molar-refractivity contribution < 1.29 is 9.53 Å². The molecule has 0 aliphatic heterocycles. The van der Waals surface area contributed by atoms with Gasteiger partial charge in [-0.1, -0.05) is 23.7 Å². The van der Waals surface area contributed by atoms with Crippen LogP contribution in [0.1, 0.15) is 22.3 Å². The number of hydrogen-bond acceptors (Lipinski definition) is 3. The van der Waals surface area contributed by atoms with Crippen LogP contribution in [-0.4, -0.2) is 12.5 Å². The summed E-state index contributed by atoms with van der Waals surface area (Å²) in [6.07, 6.45) is 0.327. The lowest BCUT2D eigenvalue weighted by molar-refractivity contribution is 0.0999. The molecule has 0 fully saturated rings. The molecule has 4 nitrogen and oxygen atoms in total. The Morgan fingerprint density at radius 1 is 1.56 bits per heavy atom. The largest absolute Gasteiger partial charge is 0.376 e. The fourth-order valence-corrected chi connectivity index (χ4v) is 1.46. The van der Waals surface area contributed by atoms with E-state index in [4.69, 9.17) is 27.3 Å². The molecule has 0 bridgehead atoms. The van der Waals surface area contributed by atoms with Crippen molar-refractivity contribution >= 4 is 17.5 Å². The zero-order chi connectivity index (χ0) is 12.0. The predicted molar refractivity (Wildman–Crippen MR) is 59.9 cm³/mol. The second-order valence-corrected chi connectivity index (χ2v) is 3.48. The maximum atomic E-state index is 11.0. The van der Waals surface area contributed by atoms with E-state index in [0.717, 1.165) is 0 Å². The van der Waals surface area contributed by atoms with E-state index in [-0.39, 0.29) is 12.2 Å². The zero-order valence-corrected chi connectivity index (χ0v) is 9.33. The number of carbonyl (C=O) groups is 1. The molecule has 0 saturated heterocycles. The minimum Gasteiger partial charge on any atom is -0.376 e. The Balaban J connectivity index is 2.70. The summed E-state index contributed by atoms with van der Waals surface area (Å²) in [5, 5.41) is 8.63. The average Bonchev–Trinajstić information content (AvgIpc) is 2.26. The molecule has 0 heterocycles. The van der Waals surface area contributed by atoms with E-state index < -0.39 is 5.91 Å². The molecule has 1 aromatic rings. The molecule has 0 spiro atoms. The number of nitrogens with two attached hydrogens (primary N) is 1. The van der Waals surface area contributed by atoms with E-state index in [1.165, 1.54) is 0 Å². The van der Waals surface area contributed by atoms with Crippen molar-refractivity contribution in [1.82, 2.24) is 0 Å². The summed E-state index contributed by atoms with van der Waals surface area (Å²) >= 11 is 5.97. The smallest absolute Gasteiger partial charge is 0.250 e. The first kappa shape index (κ1) is 12.5. The quantitative estimate of drug-likeness (QED) is 0.796. The average molecular weight is 239 g/mol. The van der Waals surface area contributed by atoms with Gasteiger partial charge in [0.05, 0.1) is 36.3 Å². The number of halogens is 1. The first-order chi connectivity index (χ1) is 7.66. The number of nitrogens with zero attached hydrogens (tertiary/aromatic N) is 1. The van der Waals surface area contributed by atoms with E-state index in [1.54, 1.807) is 18.2 Å². The molecule has 5 heteroatoms. The number of amides is 1. The topological polar surface area (TPSA) is 76.1 Å². The number of ether oxygens (including phenoxy) is 1. The van der Waals surface area contributed by atoms with Gasteiger partial charge in [0.2, 0.25) is 5.91 Å². The van der Waals surface area contributed by atoms with Crippen molar-refractivity contribution in [2.45, 2.75) is 13.0 Å². The third kappa shape index (κ3) is 3.23. The van der Waals surface area contributed by atoms with Crippen LogP contribution in [0.4, 0.5) is 0 Å². The molecule has 1 amide bonds. The van der Waals surface area contributed by atoms with Crippen LogP contribution in [-0.2, 0) is 11.3 Å². The Morgan fingerprint density at radius 3 is 2.94 bits per heavy atom. The summed E-state index contributed by atoms with van der Waals surface area (Å²) in [6.45, 7) is 0.606. The van der Waals surface area contributed by atoms with E-state index in [2.05, 4.69) is 0 Å². The van der Waals surface area contributed by atoms with E-state index in [9.17, 15) is 4.79 Å². The van der Waals surface area contributed by atoms with Gasteiger partial charge in [-0.15, -0.1) is 0 Å². The lowest BCUT2D eigenvalue weighted by Gasteiger charge is -2.07. The summed E-state index contributed by atoms with van der Waals surface area (Å²) in [7, 11) is 0. The Bertz CT molecular complexity index is 426. The lowest BCUT2D eigenvalue weighted by atomic mass is 10.1. The van der Waals surface area contributed by atoms with Crippen molar-refractivity contribution in [3.63, 3.8) is 0 Å². The summed E-state index contributed by atoms with van der Waals surface area (Å²) in [6, 6.07) is 6.97. The number of benzene rings is 1. The molecule has 0 unspecified atom stereocenters. The van der Waals surface area contributed by atoms with Gasteiger partial charge in [-0.3, -0.25) is 4.79 Å². The highest BCUT2D eigenvalue weighted by Gasteiger charge is 2.09. The van der Waals surface area contributed by atoms with E-state index in [0.29, 0.717) is 23.6 Å². The van der Waals surface area contributed by atoms with E-state index in [1.807, 2.05) is 6.07 Å². The fraction of sp³-hybridized carbons (Fsp3) is 0.273. The van der Waals surface area contributed by atoms with Gasteiger partial charge in [-0.2, -0.15) is 5.26 Å². The first-order valence-electron chi connectivity index (χ1n) is 4.68. The van der Waals surface area contributed by atoms with Crippen LogP contribution in [0.5, 0.6) is 0 Å². The molecule has 16 heavy (non-hydrogen) atoms. The summed E-state index contributed by atoms with van der Waals surface area (Å²) in [5.74, 6) is -0.566. The van der Waals surface area contributed by atoms with Gasteiger partial charge < -0.3 is 10.5 Å². The van der Waals surface area contributed by atoms with Crippen LogP contribution in [0.3, 0.4) is 0 Å². The van der Waals surface area contributed by atoms with Gasteiger partial charge in [0.15, 0.2) is 0 Å². The molecule has 0 aliphatic rings. The molecule has 1 aromatic carbocycles. The van der Waals surface area contributed by atoms with Gasteiger partial charge in [-0.05, 0) is 11.6 Å². The predicted octanol–water partition coefficient (Wildman–Crippen LogP) is 1.87. The number of hydrogen-bond donors (Lipinski definition) is 1. The molecule has 1 rings (SSSR count). The highest BCUT2D eigenvalue weighted by molar-refractivity contribution is 6.34. The van der Waals surface area contributed by atoms with Crippen LogP contribution in [0, 0.1) is 11.3 Å². The number of primary amides is 1. The van der Waals surface area contributed by atoms with Crippen LogP contribution in [0.2, 0.25) is 5.02 Å². The zero-order valence-electron chi connectivity index (χ0n) is 8.57. The maximum absolute atomic E-state index is 11.0. The third-order valence-corrected chi connectivity index (χ3v) is 2.41. The van der Waals surface area contributed by atoms with Crippen LogP contribution >= 0.6 is 11.6 Å². The second kappa shape index (κ2) is 6.11. The van der Waals surface area contributed by atoms with Gasteiger partial charge in [-0.25, -0.2) is 0 Å². The number of rotatable bonds is 5. The summed E-state index contributed by atoms with van der Waals surface area (Å²) in [5.41, 5.74) is 6.12. The van der Waals surface area contributed by atoms with Crippen LogP contribution in [0.25, 0.3) is 0 Å². The molecule has 0 aliphatic carbocycles. The third-order valence-electron chi connectivity index (χ3n) is 1.96. The van der Waals surface area contributed by atoms with Crippen molar-refractivity contribution in [1.29, 1.82) is 5.26 Å². The molecule has 0 radical (unpaired) electrons. The van der Waals surface area contributed by atoms with Gasteiger partial charge in [0, 0.05) is 0 Å². The monoisotopic (exact) mass is 238 g/mol. The van der Waals surface area contributed by atoms with Crippen molar-refractivity contribution in [2.24, 2.45) is 5.73 Å². The Labute approximate surface area is 98.6 Å². The molecule has 0 saturated carbocycles. The van der Waals surface area contributed by atoms with E-state index >= 15 is 0 Å². The highest BCUT2D eigenvalue weighted by atomic mass is 35.5. The Kier molecular flexibility index (Phi) is 4.77. The fourth-order valence-electron chi connectivity index (χ4n) is 1.18. The SMILES string of the molecule is N#CCCOCc1cccc(C(N)=O)c1Cl. The molecular formula is C11H11ClN2O2. The second-order valence-electron chi connectivity index (χ2n) is 3.10. The van der Waals surface area contributed by atoms with Crippen molar-refractivity contribution in [2.75, 3.05) is 6.61 Å².